The highest BCUT2D eigenvalue weighted by atomic mass is 19.2. The summed E-state index contributed by atoms with van der Waals surface area (Å²) in [6, 6.07) is 4.82. The fourth-order valence-corrected chi connectivity index (χ4v) is 2.44. The number of nitrogens with one attached hydrogen (secondary N) is 2. The fourth-order valence-electron chi connectivity index (χ4n) is 2.44. The maximum Gasteiger partial charge on any atom is 0.315 e. The molecule has 1 aromatic heterocycles. The molecule has 130 valence electrons. The first-order valence-corrected chi connectivity index (χ1v) is 7.87. The van der Waals surface area contributed by atoms with Gasteiger partial charge in [-0.15, -0.1) is 0 Å². The summed E-state index contributed by atoms with van der Waals surface area (Å²) in [4.78, 5) is 11.8. The highest BCUT2D eigenvalue weighted by Crippen LogP contribution is 2.15. The highest BCUT2D eigenvalue weighted by molar-refractivity contribution is 5.74. The van der Waals surface area contributed by atoms with Crippen molar-refractivity contribution >= 4 is 6.03 Å². The average molecular weight is 336 g/mol. The van der Waals surface area contributed by atoms with Crippen molar-refractivity contribution in [3.63, 3.8) is 0 Å². The average Bonchev–Trinajstić information content (AvgIpc) is 2.84. The van der Waals surface area contributed by atoms with E-state index in [2.05, 4.69) is 15.7 Å². The first-order valence-electron chi connectivity index (χ1n) is 7.87. The van der Waals surface area contributed by atoms with Gasteiger partial charge in [0.05, 0.1) is 11.7 Å². The van der Waals surface area contributed by atoms with Gasteiger partial charge in [0.25, 0.3) is 0 Å². The van der Waals surface area contributed by atoms with Gasteiger partial charge in [0.1, 0.15) is 0 Å². The molecule has 5 nitrogen and oxygen atoms in total. The van der Waals surface area contributed by atoms with E-state index in [1.165, 1.54) is 6.07 Å². The minimum absolute atomic E-state index is 0.347. The summed E-state index contributed by atoms with van der Waals surface area (Å²) in [5, 5.41) is 9.79. The third-order valence-electron chi connectivity index (χ3n) is 3.73. The van der Waals surface area contributed by atoms with Crippen molar-refractivity contribution < 1.29 is 13.6 Å². The number of rotatable bonds is 6. The minimum atomic E-state index is -0.925. The molecule has 0 spiro atoms. The Morgan fingerprint density at radius 1 is 1.25 bits per heavy atom. The number of carbonyl (C=O) groups excluding carboxylic acids is 1. The number of hydrogen-bond donors (Lipinski definition) is 2. The SMILES string of the molecule is Cc1cc(C)n(CCCNC(=O)NC(C)c2ccc(F)c(F)c2)n1. The van der Waals surface area contributed by atoms with Crippen molar-refractivity contribution in [1.29, 1.82) is 0 Å². The van der Waals surface area contributed by atoms with Gasteiger partial charge in [0, 0.05) is 18.8 Å². The molecule has 0 saturated carbocycles. The molecule has 1 heterocycles. The van der Waals surface area contributed by atoms with Crippen LogP contribution in [0.2, 0.25) is 0 Å². The zero-order valence-electron chi connectivity index (χ0n) is 14.1. The van der Waals surface area contributed by atoms with Crippen LogP contribution in [-0.2, 0) is 6.54 Å². The lowest BCUT2D eigenvalue weighted by molar-refractivity contribution is 0.237. The lowest BCUT2D eigenvalue weighted by atomic mass is 10.1. The number of aryl methyl sites for hydroxylation is 3. The molecule has 2 rings (SSSR count). The van der Waals surface area contributed by atoms with Gasteiger partial charge >= 0.3 is 6.03 Å². The van der Waals surface area contributed by atoms with Crippen molar-refractivity contribution in [1.82, 2.24) is 20.4 Å². The van der Waals surface area contributed by atoms with Gasteiger partial charge < -0.3 is 10.6 Å². The number of nitrogens with zero attached hydrogens (tertiary/aromatic N) is 2. The van der Waals surface area contributed by atoms with E-state index < -0.39 is 17.7 Å². The summed E-state index contributed by atoms with van der Waals surface area (Å²) < 4.78 is 28.0. The lowest BCUT2D eigenvalue weighted by Crippen LogP contribution is -2.37. The van der Waals surface area contributed by atoms with Crippen LogP contribution < -0.4 is 10.6 Å². The summed E-state index contributed by atoms with van der Waals surface area (Å²) in [7, 11) is 0. The molecule has 0 aliphatic rings. The fraction of sp³-hybridized carbons (Fsp3) is 0.412. The Bertz CT molecular complexity index is 715. The van der Waals surface area contributed by atoms with Crippen LogP contribution in [-0.4, -0.2) is 22.4 Å². The zero-order valence-corrected chi connectivity index (χ0v) is 14.1. The van der Waals surface area contributed by atoms with Gasteiger partial charge in [-0.1, -0.05) is 6.07 Å². The first-order chi connectivity index (χ1) is 11.4. The molecule has 24 heavy (non-hydrogen) atoms. The number of carbonyl (C=O) groups is 1. The summed E-state index contributed by atoms with van der Waals surface area (Å²) in [5.41, 5.74) is 2.56. The molecule has 0 aliphatic heterocycles. The molecule has 1 aromatic carbocycles. The van der Waals surface area contributed by atoms with Gasteiger partial charge in [0.2, 0.25) is 0 Å². The van der Waals surface area contributed by atoms with Crippen LogP contribution in [0, 0.1) is 25.5 Å². The number of benzene rings is 1. The molecule has 0 radical (unpaired) electrons. The third-order valence-corrected chi connectivity index (χ3v) is 3.73. The molecule has 0 aliphatic carbocycles. The lowest BCUT2D eigenvalue weighted by Gasteiger charge is -2.15. The molecule has 2 aromatic rings. The third kappa shape index (κ3) is 4.78. The number of aromatic nitrogens is 2. The number of hydrogen-bond acceptors (Lipinski definition) is 2. The Hall–Kier alpha value is -2.44. The van der Waals surface area contributed by atoms with E-state index in [0.717, 1.165) is 36.5 Å². The second-order valence-electron chi connectivity index (χ2n) is 5.80. The molecule has 2 amide bonds. The standard InChI is InChI=1S/C17H22F2N4O/c1-11-9-12(2)23(22-11)8-4-7-20-17(24)21-13(3)14-5-6-15(18)16(19)10-14/h5-6,9-10,13H,4,7-8H2,1-3H3,(H2,20,21,24). The van der Waals surface area contributed by atoms with Gasteiger partial charge in [-0.3, -0.25) is 4.68 Å². The number of urea groups is 1. The smallest absolute Gasteiger partial charge is 0.315 e. The second kappa shape index (κ2) is 7.90. The Morgan fingerprint density at radius 3 is 2.62 bits per heavy atom. The maximum absolute atomic E-state index is 13.2. The van der Waals surface area contributed by atoms with Crippen molar-refractivity contribution in [2.45, 2.75) is 39.8 Å². The van der Waals surface area contributed by atoms with Crippen LogP contribution in [0.3, 0.4) is 0 Å². The molecule has 0 bridgehead atoms. The second-order valence-corrected chi connectivity index (χ2v) is 5.80. The maximum atomic E-state index is 13.2. The Morgan fingerprint density at radius 2 is 2.00 bits per heavy atom. The summed E-state index contributed by atoms with van der Waals surface area (Å²) in [6.07, 6.45) is 0.745. The van der Waals surface area contributed by atoms with Gasteiger partial charge in [-0.25, -0.2) is 13.6 Å². The predicted octanol–water partition coefficient (Wildman–Crippen LogP) is 3.23. The van der Waals surface area contributed by atoms with Crippen LogP contribution in [0.1, 0.15) is 36.3 Å². The van der Waals surface area contributed by atoms with Crippen molar-refractivity contribution in [3.8, 4) is 0 Å². The van der Waals surface area contributed by atoms with E-state index in [1.54, 1.807) is 6.92 Å². The summed E-state index contributed by atoms with van der Waals surface area (Å²) >= 11 is 0. The molecular formula is C17H22F2N4O. The van der Waals surface area contributed by atoms with E-state index >= 15 is 0 Å². The van der Waals surface area contributed by atoms with E-state index in [1.807, 2.05) is 24.6 Å². The molecular weight excluding hydrogens is 314 g/mol. The zero-order chi connectivity index (χ0) is 17.7. The van der Waals surface area contributed by atoms with Crippen molar-refractivity contribution in [2.75, 3.05) is 6.54 Å². The molecule has 7 heteroatoms. The molecule has 1 atom stereocenters. The van der Waals surface area contributed by atoms with Crippen molar-refractivity contribution in [2.24, 2.45) is 0 Å². The Kier molecular flexibility index (Phi) is 5.89. The predicted molar refractivity (Wildman–Crippen MR) is 87.6 cm³/mol. The quantitative estimate of drug-likeness (QED) is 0.796. The number of halogens is 2. The van der Waals surface area contributed by atoms with Crippen LogP contribution >= 0.6 is 0 Å². The van der Waals surface area contributed by atoms with Crippen LogP contribution in [0.15, 0.2) is 24.3 Å². The van der Waals surface area contributed by atoms with Gasteiger partial charge in [-0.05, 0) is 51.0 Å². The summed E-state index contributed by atoms with van der Waals surface area (Å²) in [5.74, 6) is -1.83. The Balaban J connectivity index is 1.74. The van der Waals surface area contributed by atoms with Gasteiger partial charge in [-0.2, -0.15) is 5.10 Å². The van der Waals surface area contributed by atoms with E-state index in [4.69, 9.17) is 0 Å². The van der Waals surface area contributed by atoms with E-state index in [0.29, 0.717) is 12.1 Å². The van der Waals surface area contributed by atoms with Crippen LogP contribution in [0.4, 0.5) is 13.6 Å². The van der Waals surface area contributed by atoms with E-state index in [-0.39, 0.29) is 6.03 Å². The monoisotopic (exact) mass is 336 g/mol. The number of amides is 2. The normalized spacial score (nSPS) is 12.0. The Labute approximate surface area is 140 Å². The molecule has 0 fully saturated rings. The summed E-state index contributed by atoms with van der Waals surface area (Å²) in [6.45, 7) is 6.86. The minimum Gasteiger partial charge on any atom is -0.338 e. The van der Waals surface area contributed by atoms with Gasteiger partial charge in [0.15, 0.2) is 11.6 Å². The van der Waals surface area contributed by atoms with Crippen molar-refractivity contribution in [3.05, 3.63) is 52.9 Å². The largest absolute Gasteiger partial charge is 0.338 e. The molecule has 1 unspecified atom stereocenters. The topological polar surface area (TPSA) is 59.0 Å². The highest BCUT2D eigenvalue weighted by Gasteiger charge is 2.11. The molecule has 0 saturated heterocycles. The molecule has 2 N–H and O–H groups in total. The first kappa shape index (κ1) is 17.9. The van der Waals surface area contributed by atoms with E-state index in [9.17, 15) is 13.6 Å². The van der Waals surface area contributed by atoms with Crippen LogP contribution in [0.5, 0.6) is 0 Å². The van der Waals surface area contributed by atoms with Crippen LogP contribution in [0.25, 0.3) is 0 Å².